The highest BCUT2D eigenvalue weighted by atomic mass is 19.4. The third-order valence-corrected chi connectivity index (χ3v) is 6.46. The lowest BCUT2D eigenvalue weighted by Crippen LogP contribution is -2.23. The van der Waals surface area contributed by atoms with Crippen LogP contribution in [0.4, 0.5) is 17.6 Å². The van der Waals surface area contributed by atoms with Crippen molar-refractivity contribution < 1.29 is 22.4 Å². The van der Waals surface area contributed by atoms with E-state index in [1.165, 1.54) is 25.2 Å². The van der Waals surface area contributed by atoms with Gasteiger partial charge < -0.3 is 15.6 Å². The lowest BCUT2D eigenvalue weighted by atomic mass is 9.77. The molecule has 0 radical (unpaired) electrons. The molecule has 2 aromatic rings. The Labute approximate surface area is 187 Å². The number of hydroxylamine groups is 2. The van der Waals surface area contributed by atoms with Gasteiger partial charge in [0.25, 0.3) is 5.91 Å². The number of halogens is 4. The molecule has 1 amide bonds. The summed E-state index contributed by atoms with van der Waals surface area (Å²) in [4.78, 5) is 11.8. The maximum absolute atomic E-state index is 14.6. The maximum atomic E-state index is 14.6. The van der Waals surface area contributed by atoms with Gasteiger partial charge in [-0.05, 0) is 54.2 Å². The van der Waals surface area contributed by atoms with Gasteiger partial charge in [-0.15, -0.1) is 0 Å². The van der Waals surface area contributed by atoms with E-state index < -0.39 is 41.1 Å². The molecule has 4 atom stereocenters. The molecule has 4 rings (SSSR count). The predicted octanol–water partition coefficient (Wildman–Crippen LogP) is 5.25. The van der Waals surface area contributed by atoms with Crippen molar-refractivity contribution in [1.29, 1.82) is 5.26 Å². The van der Waals surface area contributed by atoms with Crippen molar-refractivity contribution in [3.05, 3.63) is 87.4 Å². The number of benzene rings is 2. The van der Waals surface area contributed by atoms with Crippen molar-refractivity contribution >= 4 is 5.91 Å². The SMILES string of the molecule is CNC(=O)c1ccc(C2C3CCC=CC3C(c3ccc(C#N)c(C(F)(F)F)c3)N2[O-])cc1F. The predicted molar refractivity (Wildman–Crippen MR) is 112 cm³/mol. The van der Waals surface area contributed by atoms with Crippen LogP contribution in [0.3, 0.4) is 0 Å². The number of nitrogens with zero attached hydrogens (tertiary/aromatic N) is 2. The Balaban J connectivity index is 1.78. The summed E-state index contributed by atoms with van der Waals surface area (Å²) in [5.41, 5.74) is -1.23. The van der Waals surface area contributed by atoms with Crippen LogP contribution in [0.5, 0.6) is 0 Å². The summed E-state index contributed by atoms with van der Waals surface area (Å²) in [5.74, 6) is -1.99. The van der Waals surface area contributed by atoms with Crippen LogP contribution in [-0.4, -0.2) is 18.0 Å². The van der Waals surface area contributed by atoms with Crippen molar-refractivity contribution in [1.82, 2.24) is 10.4 Å². The third kappa shape index (κ3) is 4.01. The zero-order valence-corrected chi connectivity index (χ0v) is 17.6. The Morgan fingerprint density at radius 3 is 2.52 bits per heavy atom. The molecule has 5 nitrogen and oxygen atoms in total. The van der Waals surface area contributed by atoms with Crippen LogP contribution in [-0.2, 0) is 6.18 Å². The molecule has 172 valence electrons. The number of carbonyl (C=O) groups is 1. The molecule has 4 unspecified atom stereocenters. The molecule has 0 bridgehead atoms. The first-order valence-electron chi connectivity index (χ1n) is 10.4. The fraction of sp³-hybridized carbons (Fsp3) is 0.333. The van der Waals surface area contributed by atoms with E-state index in [-0.39, 0.29) is 23.0 Å². The van der Waals surface area contributed by atoms with Crippen molar-refractivity contribution in [3.8, 4) is 6.07 Å². The van der Waals surface area contributed by atoms with Gasteiger partial charge in [-0.1, -0.05) is 24.3 Å². The Hall–Kier alpha value is -3.22. The molecule has 1 aliphatic heterocycles. The average Bonchev–Trinajstić information content (AvgIpc) is 3.09. The van der Waals surface area contributed by atoms with Crippen LogP contribution >= 0.6 is 0 Å². The Morgan fingerprint density at radius 1 is 1.18 bits per heavy atom. The Kier molecular flexibility index (Phi) is 5.99. The summed E-state index contributed by atoms with van der Waals surface area (Å²) >= 11 is 0. The monoisotopic (exact) mass is 458 g/mol. The number of alkyl halides is 3. The molecule has 1 fully saturated rings. The maximum Gasteiger partial charge on any atom is 0.417 e. The molecule has 1 aliphatic carbocycles. The number of rotatable bonds is 3. The van der Waals surface area contributed by atoms with E-state index in [1.807, 2.05) is 12.2 Å². The highest BCUT2D eigenvalue weighted by Crippen LogP contribution is 2.55. The molecule has 33 heavy (non-hydrogen) atoms. The Bertz CT molecular complexity index is 1160. The standard InChI is InChI=1S/C24H20F4N3O2/c1-30-23(32)18-9-8-14(11-20(18)25)22-17-5-3-2-4-16(17)21(31(22)33)13-6-7-15(12-29)19(10-13)24(26,27)28/h2,4,6-11,16-17,21-22H,3,5H2,1H3,(H,30,32)/q-1. The second-order valence-corrected chi connectivity index (χ2v) is 8.23. The van der Waals surface area contributed by atoms with Crippen LogP contribution in [0.1, 0.15) is 57.5 Å². The van der Waals surface area contributed by atoms with Gasteiger partial charge in [-0.2, -0.15) is 18.4 Å². The lowest BCUT2D eigenvalue weighted by molar-refractivity contribution is -0.137. The lowest BCUT2D eigenvalue weighted by Gasteiger charge is -2.38. The first-order valence-corrected chi connectivity index (χ1v) is 10.4. The molecule has 0 aromatic heterocycles. The highest BCUT2D eigenvalue weighted by Gasteiger charge is 2.46. The van der Waals surface area contributed by atoms with Gasteiger partial charge in [0.15, 0.2) is 0 Å². The number of amides is 1. The minimum atomic E-state index is -4.74. The molecule has 1 saturated heterocycles. The van der Waals surface area contributed by atoms with Gasteiger partial charge in [0, 0.05) is 25.0 Å². The van der Waals surface area contributed by atoms with Crippen LogP contribution in [0.2, 0.25) is 0 Å². The summed E-state index contributed by atoms with van der Waals surface area (Å²) in [7, 11) is 1.38. The van der Waals surface area contributed by atoms with Gasteiger partial charge in [-0.3, -0.25) is 4.79 Å². The quantitative estimate of drug-likeness (QED) is 0.503. The second kappa shape index (κ2) is 8.61. The number of hydrogen-bond acceptors (Lipinski definition) is 4. The van der Waals surface area contributed by atoms with Crippen molar-refractivity contribution in [3.63, 3.8) is 0 Å². The molecular formula is C24H20F4N3O2-. The molecule has 1 N–H and O–H groups in total. The number of carbonyl (C=O) groups excluding carboxylic acids is 1. The van der Waals surface area contributed by atoms with Crippen LogP contribution < -0.4 is 5.32 Å². The van der Waals surface area contributed by atoms with E-state index in [0.717, 1.165) is 23.3 Å². The number of hydrogen-bond donors (Lipinski definition) is 1. The third-order valence-electron chi connectivity index (χ3n) is 6.46. The Morgan fingerprint density at radius 2 is 1.88 bits per heavy atom. The number of fused-ring (bicyclic) bond motifs is 1. The highest BCUT2D eigenvalue weighted by molar-refractivity contribution is 5.94. The molecule has 2 aliphatic rings. The summed E-state index contributed by atoms with van der Waals surface area (Å²) in [5, 5.41) is 25.7. The van der Waals surface area contributed by atoms with E-state index >= 15 is 0 Å². The van der Waals surface area contributed by atoms with Gasteiger partial charge >= 0.3 is 6.18 Å². The zero-order chi connectivity index (χ0) is 23.9. The van der Waals surface area contributed by atoms with E-state index in [1.54, 1.807) is 6.07 Å². The molecule has 1 heterocycles. The smallest absolute Gasteiger partial charge is 0.417 e. The van der Waals surface area contributed by atoms with E-state index in [4.69, 9.17) is 5.26 Å². The number of nitriles is 1. The average molecular weight is 458 g/mol. The van der Waals surface area contributed by atoms with Crippen LogP contribution in [0, 0.1) is 34.2 Å². The molecule has 0 saturated carbocycles. The fourth-order valence-electron chi connectivity index (χ4n) is 4.99. The van der Waals surface area contributed by atoms with E-state index in [9.17, 15) is 27.6 Å². The zero-order valence-electron chi connectivity index (χ0n) is 17.6. The summed E-state index contributed by atoms with van der Waals surface area (Å²) < 4.78 is 55.2. The van der Waals surface area contributed by atoms with E-state index in [2.05, 4.69) is 5.32 Å². The molecule has 0 spiro atoms. The minimum Gasteiger partial charge on any atom is -0.784 e. The minimum absolute atomic E-state index is 0.155. The van der Waals surface area contributed by atoms with Crippen molar-refractivity contribution in [2.24, 2.45) is 11.8 Å². The largest absolute Gasteiger partial charge is 0.784 e. The number of allylic oxidation sites excluding steroid dienone is 1. The number of nitrogens with one attached hydrogen (secondary N) is 1. The normalized spacial score (nSPS) is 24.9. The van der Waals surface area contributed by atoms with Gasteiger partial charge in [0.2, 0.25) is 0 Å². The first-order chi connectivity index (χ1) is 15.7. The van der Waals surface area contributed by atoms with Crippen molar-refractivity contribution in [2.45, 2.75) is 31.1 Å². The second-order valence-electron chi connectivity index (χ2n) is 8.23. The molecule has 2 aromatic carbocycles. The topological polar surface area (TPSA) is 79.2 Å². The molecule has 9 heteroatoms. The van der Waals surface area contributed by atoms with Crippen LogP contribution in [0.25, 0.3) is 0 Å². The first kappa shape index (κ1) is 23.0. The summed E-state index contributed by atoms with van der Waals surface area (Å²) in [6.45, 7) is 0. The van der Waals surface area contributed by atoms with Crippen molar-refractivity contribution in [2.75, 3.05) is 7.05 Å². The van der Waals surface area contributed by atoms with Gasteiger partial charge in [0.1, 0.15) is 5.82 Å². The molecular weight excluding hydrogens is 438 g/mol. The van der Waals surface area contributed by atoms with Crippen LogP contribution in [0.15, 0.2) is 48.6 Å². The summed E-state index contributed by atoms with van der Waals surface area (Å²) in [6, 6.07) is 7.13. The fourth-order valence-corrected chi connectivity index (χ4v) is 4.99. The van der Waals surface area contributed by atoms with Gasteiger partial charge in [-0.25, -0.2) is 4.39 Å². The summed E-state index contributed by atoms with van der Waals surface area (Å²) in [6.07, 6.45) is 0.298. The van der Waals surface area contributed by atoms with E-state index in [0.29, 0.717) is 18.4 Å². The van der Waals surface area contributed by atoms with Gasteiger partial charge in [0.05, 0.1) is 22.8 Å².